The van der Waals surface area contributed by atoms with Crippen LogP contribution in [0, 0.1) is 0 Å². The van der Waals surface area contributed by atoms with Gasteiger partial charge in [0.25, 0.3) is 5.56 Å². The lowest BCUT2D eigenvalue weighted by molar-refractivity contribution is 0.407. The van der Waals surface area contributed by atoms with Gasteiger partial charge in [-0.25, -0.2) is 4.98 Å². The highest BCUT2D eigenvalue weighted by molar-refractivity contribution is 5.29. The highest BCUT2D eigenvalue weighted by Crippen LogP contribution is 2.36. The van der Waals surface area contributed by atoms with E-state index < -0.39 is 0 Å². The van der Waals surface area contributed by atoms with E-state index in [1.807, 2.05) is 0 Å². The number of hydrogen-bond acceptors (Lipinski definition) is 4. The van der Waals surface area contributed by atoms with Gasteiger partial charge in [0.05, 0.1) is 5.69 Å². The SMILES string of the molecule is NCCc1c(C2CCC2)nc(N)[nH]c1=O. The fourth-order valence-electron chi connectivity index (χ4n) is 1.94. The van der Waals surface area contributed by atoms with E-state index in [-0.39, 0.29) is 11.5 Å². The lowest BCUT2D eigenvalue weighted by Crippen LogP contribution is -2.25. The van der Waals surface area contributed by atoms with E-state index in [0.29, 0.717) is 18.9 Å². The van der Waals surface area contributed by atoms with Crippen LogP contribution in [-0.4, -0.2) is 16.5 Å². The molecule has 1 aliphatic carbocycles. The smallest absolute Gasteiger partial charge is 0.255 e. The third-order valence-electron chi connectivity index (χ3n) is 2.95. The number of H-pyrrole nitrogens is 1. The van der Waals surface area contributed by atoms with Gasteiger partial charge in [0.2, 0.25) is 5.95 Å². The van der Waals surface area contributed by atoms with Gasteiger partial charge in [-0.05, 0) is 25.8 Å². The quantitative estimate of drug-likeness (QED) is 0.657. The van der Waals surface area contributed by atoms with Gasteiger partial charge in [0.15, 0.2) is 0 Å². The maximum absolute atomic E-state index is 11.7. The van der Waals surface area contributed by atoms with E-state index in [9.17, 15) is 4.79 Å². The molecule has 1 aliphatic rings. The van der Waals surface area contributed by atoms with Crippen molar-refractivity contribution in [2.45, 2.75) is 31.6 Å². The Labute approximate surface area is 87.9 Å². The molecule has 15 heavy (non-hydrogen) atoms. The Morgan fingerprint density at radius 1 is 1.47 bits per heavy atom. The average Bonchev–Trinajstić information content (AvgIpc) is 2.08. The zero-order chi connectivity index (χ0) is 10.8. The minimum Gasteiger partial charge on any atom is -0.369 e. The third kappa shape index (κ3) is 1.87. The monoisotopic (exact) mass is 208 g/mol. The summed E-state index contributed by atoms with van der Waals surface area (Å²) in [5.74, 6) is 0.624. The van der Waals surface area contributed by atoms with Crippen molar-refractivity contribution in [3.63, 3.8) is 0 Å². The van der Waals surface area contributed by atoms with E-state index >= 15 is 0 Å². The zero-order valence-corrected chi connectivity index (χ0v) is 8.62. The first-order valence-electron chi connectivity index (χ1n) is 5.31. The number of nitrogen functional groups attached to an aromatic ring is 1. The molecule has 5 nitrogen and oxygen atoms in total. The second-order valence-electron chi connectivity index (χ2n) is 3.98. The Hall–Kier alpha value is -1.36. The summed E-state index contributed by atoms with van der Waals surface area (Å²) in [5.41, 5.74) is 12.5. The predicted molar refractivity (Wildman–Crippen MR) is 58.6 cm³/mol. The minimum atomic E-state index is -0.130. The lowest BCUT2D eigenvalue weighted by Gasteiger charge is -2.26. The van der Waals surface area contributed by atoms with Gasteiger partial charge in [0, 0.05) is 11.5 Å². The van der Waals surface area contributed by atoms with Crippen molar-refractivity contribution in [3.05, 3.63) is 21.6 Å². The van der Waals surface area contributed by atoms with Crippen LogP contribution in [0.4, 0.5) is 5.95 Å². The molecule has 1 aromatic heterocycles. The minimum absolute atomic E-state index is 0.130. The van der Waals surface area contributed by atoms with Crippen LogP contribution < -0.4 is 17.0 Å². The van der Waals surface area contributed by atoms with Crippen LogP contribution in [0.5, 0.6) is 0 Å². The molecular weight excluding hydrogens is 192 g/mol. The maximum atomic E-state index is 11.7. The average molecular weight is 208 g/mol. The van der Waals surface area contributed by atoms with Crippen molar-refractivity contribution in [2.75, 3.05) is 12.3 Å². The first-order chi connectivity index (χ1) is 7.22. The standard InChI is InChI=1S/C10H16N4O/c11-5-4-7-8(6-2-1-3-6)13-10(12)14-9(7)15/h6H,1-5,11H2,(H3,12,13,14,15). The van der Waals surface area contributed by atoms with Crippen molar-refractivity contribution in [3.8, 4) is 0 Å². The van der Waals surface area contributed by atoms with Crippen LogP contribution >= 0.6 is 0 Å². The largest absolute Gasteiger partial charge is 0.369 e. The number of nitrogens with two attached hydrogens (primary N) is 2. The molecule has 0 aliphatic heterocycles. The summed E-state index contributed by atoms with van der Waals surface area (Å²) in [4.78, 5) is 18.4. The van der Waals surface area contributed by atoms with Gasteiger partial charge in [-0.2, -0.15) is 0 Å². The Morgan fingerprint density at radius 2 is 2.20 bits per heavy atom. The number of hydrogen-bond donors (Lipinski definition) is 3. The molecule has 0 saturated heterocycles. The highest BCUT2D eigenvalue weighted by atomic mass is 16.1. The zero-order valence-electron chi connectivity index (χ0n) is 8.62. The molecule has 5 N–H and O–H groups in total. The number of aromatic nitrogens is 2. The number of nitrogens with one attached hydrogen (secondary N) is 1. The molecule has 0 radical (unpaired) electrons. The molecule has 2 rings (SSSR count). The van der Waals surface area contributed by atoms with E-state index in [1.165, 1.54) is 6.42 Å². The molecule has 82 valence electrons. The van der Waals surface area contributed by atoms with E-state index in [4.69, 9.17) is 11.5 Å². The first kappa shape index (κ1) is 10.2. The summed E-state index contributed by atoms with van der Waals surface area (Å²) < 4.78 is 0. The van der Waals surface area contributed by atoms with Crippen LogP contribution in [-0.2, 0) is 6.42 Å². The topological polar surface area (TPSA) is 97.8 Å². The van der Waals surface area contributed by atoms with Crippen molar-refractivity contribution in [2.24, 2.45) is 5.73 Å². The summed E-state index contributed by atoms with van der Waals surface area (Å²) >= 11 is 0. The van der Waals surface area contributed by atoms with Crippen molar-refractivity contribution in [1.29, 1.82) is 0 Å². The summed E-state index contributed by atoms with van der Waals surface area (Å²) in [6.45, 7) is 0.467. The predicted octanol–water partition coefficient (Wildman–Crippen LogP) is 0.121. The summed E-state index contributed by atoms with van der Waals surface area (Å²) in [7, 11) is 0. The molecule has 1 saturated carbocycles. The van der Waals surface area contributed by atoms with Gasteiger partial charge >= 0.3 is 0 Å². The lowest BCUT2D eigenvalue weighted by atomic mass is 9.81. The highest BCUT2D eigenvalue weighted by Gasteiger charge is 2.25. The maximum Gasteiger partial charge on any atom is 0.255 e. The molecule has 0 amide bonds. The van der Waals surface area contributed by atoms with Crippen molar-refractivity contribution < 1.29 is 0 Å². The molecule has 1 heterocycles. The molecule has 1 aromatic rings. The normalized spacial score (nSPS) is 16.3. The van der Waals surface area contributed by atoms with E-state index in [2.05, 4.69) is 9.97 Å². The van der Waals surface area contributed by atoms with Crippen molar-refractivity contribution in [1.82, 2.24) is 9.97 Å². The van der Waals surface area contributed by atoms with Crippen LogP contribution in [0.2, 0.25) is 0 Å². The van der Waals surface area contributed by atoms with Gasteiger partial charge < -0.3 is 11.5 Å². The molecule has 0 spiro atoms. The molecule has 5 heteroatoms. The number of rotatable bonds is 3. The molecular formula is C10H16N4O. The van der Waals surface area contributed by atoms with Crippen molar-refractivity contribution >= 4 is 5.95 Å². The van der Waals surface area contributed by atoms with Gasteiger partial charge in [0.1, 0.15) is 0 Å². The van der Waals surface area contributed by atoms with Gasteiger partial charge in [-0.1, -0.05) is 6.42 Å². The second kappa shape index (κ2) is 4.02. The Bertz CT molecular complexity index is 408. The fourth-order valence-corrected chi connectivity index (χ4v) is 1.94. The van der Waals surface area contributed by atoms with E-state index in [1.54, 1.807) is 0 Å². The molecule has 0 atom stereocenters. The number of nitrogens with zero attached hydrogens (tertiary/aromatic N) is 1. The summed E-state index contributed by atoms with van der Waals surface area (Å²) in [6, 6.07) is 0. The number of aromatic amines is 1. The Balaban J connectivity index is 2.43. The van der Waals surface area contributed by atoms with Crippen LogP contribution in [0.15, 0.2) is 4.79 Å². The van der Waals surface area contributed by atoms with Crippen LogP contribution in [0.3, 0.4) is 0 Å². The van der Waals surface area contributed by atoms with E-state index in [0.717, 1.165) is 24.1 Å². The molecule has 0 unspecified atom stereocenters. The molecule has 1 fully saturated rings. The number of anilines is 1. The third-order valence-corrected chi connectivity index (χ3v) is 2.95. The first-order valence-corrected chi connectivity index (χ1v) is 5.31. The molecule has 0 aromatic carbocycles. The van der Waals surface area contributed by atoms with Gasteiger partial charge in [-0.15, -0.1) is 0 Å². The summed E-state index contributed by atoms with van der Waals surface area (Å²) in [6.07, 6.45) is 4.00. The second-order valence-corrected chi connectivity index (χ2v) is 3.98. The van der Waals surface area contributed by atoms with Gasteiger partial charge in [-0.3, -0.25) is 9.78 Å². The Morgan fingerprint density at radius 3 is 2.73 bits per heavy atom. The van der Waals surface area contributed by atoms with Crippen LogP contribution in [0.25, 0.3) is 0 Å². The Kier molecular flexibility index (Phi) is 2.73. The molecule has 0 bridgehead atoms. The van der Waals surface area contributed by atoms with Crippen LogP contribution in [0.1, 0.15) is 36.4 Å². The fraction of sp³-hybridized carbons (Fsp3) is 0.600. The summed E-state index contributed by atoms with van der Waals surface area (Å²) in [5, 5.41) is 0.